The molecule has 0 bridgehead atoms. The number of nitrogens with one attached hydrogen (secondary N) is 1. The number of halogens is 2. The van der Waals surface area contributed by atoms with Gasteiger partial charge in [-0.2, -0.15) is 0 Å². The molecule has 0 radical (unpaired) electrons. The molecule has 0 spiro atoms. The highest BCUT2D eigenvalue weighted by atomic mass is 79.9. The van der Waals surface area contributed by atoms with Crippen molar-refractivity contribution in [3.05, 3.63) is 28.5 Å². The van der Waals surface area contributed by atoms with Gasteiger partial charge in [-0.05, 0) is 18.2 Å². The molecular weight excluding hydrogens is 305 g/mol. The number of carboxylic acids is 1. The van der Waals surface area contributed by atoms with Crippen LogP contribution in [0.2, 0.25) is 0 Å². The Labute approximate surface area is 112 Å². The zero-order valence-electron chi connectivity index (χ0n) is 9.96. The molecule has 1 rings (SSSR count). The van der Waals surface area contributed by atoms with Crippen LogP contribution in [0.15, 0.2) is 22.7 Å². The average molecular weight is 318 g/mol. The van der Waals surface area contributed by atoms with Crippen LogP contribution in [0.5, 0.6) is 0 Å². The SMILES string of the molecule is CC(C)(CC(=O)O)C(=O)Nc1cc(Br)ccc1F. The van der Waals surface area contributed by atoms with Gasteiger partial charge in [-0.3, -0.25) is 9.59 Å². The number of aliphatic carboxylic acids is 1. The van der Waals surface area contributed by atoms with Crippen LogP contribution in [-0.2, 0) is 9.59 Å². The lowest BCUT2D eigenvalue weighted by Crippen LogP contribution is -2.33. The molecule has 0 aliphatic rings. The number of hydrogen-bond donors (Lipinski definition) is 2. The Bertz CT molecular complexity index is 488. The monoisotopic (exact) mass is 317 g/mol. The van der Waals surface area contributed by atoms with E-state index < -0.39 is 23.1 Å². The number of carboxylic acid groups (broad SMARTS) is 1. The molecule has 0 aliphatic heterocycles. The molecule has 1 aromatic carbocycles. The highest BCUT2D eigenvalue weighted by molar-refractivity contribution is 9.10. The van der Waals surface area contributed by atoms with E-state index in [1.54, 1.807) is 0 Å². The first-order valence-electron chi connectivity index (χ1n) is 5.20. The standard InChI is InChI=1S/C12H13BrFNO3/c1-12(2,6-10(16)17)11(18)15-9-5-7(13)3-4-8(9)14/h3-5H,6H2,1-2H3,(H,15,18)(H,16,17). The van der Waals surface area contributed by atoms with E-state index in [2.05, 4.69) is 21.2 Å². The van der Waals surface area contributed by atoms with Gasteiger partial charge in [0.15, 0.2) is 0 Å². The quantitative estimate of drug-likeness (QED) is 0.897. The second-order valence-corrected chi connectivity index (χ2v) is 5.45. The van der Waals surface area contributed by atoms with Gasteiger partial charge in [-0.15, -0.1) is 0 Å². The largest absolute Gasteiger partial charge is 0.481 e. The van der Waals surface area contributed by atoms with Crippen LogP contribution in [0, 0.1) is 11.2 Å². The van der Waals surface area contributed by atoms with Crippen LogP contribution >= 0.6 is 15.9 Å². The Kier molecular flexibility index (Phi) is 4.45. The van der Waals surface area contributed by atoms with E-state index in [-0.39, 0.29) is 12.1 Å². The first kappa shape index (κ1) is 14.6. The van der Waals surface area contributed by atoms with Crippen LogP contribution < -0.4 is 5.32 Å². The minimum atomic E-state index is -1.11. The van der Waals surface area contributed by atoms with Crippen molar-refractivity contribution in [3.63, 3.8) is 0 Å². The Morgan fingerprint density at radius 2 is 2.06 bits per heavy atom. The maximum atomic E-state index is 13.4. The first-order valence-corrected chi connectivity index (χ1v) is 6.00. The summed E-state index contributed by atoms with van der Waals surface area (Å²) in [6.07, 6.45) is -0.325. The van der Waals surface area contributed by atoms with Crippen LogP contribution in [0.25, 0.3) is 0 Å². The smallest absolute Gasteiger partial charge is 0.304 e. The predicted molar refractivity (Wildman–Crippen MR) is 68.8 cm³/mol. The Balaban J connectivity index is 2.87. The molecule has 0 atom stereocenters. The second kappa shape index (κ2) is 5.48. The van der Waals surface area contributed by atoms with Crippen LogP contribution in [0.4, 0.5) is 10.1 Å². The molecule has 18 heavy (non-hydrogen) atoms. The van der Waals surface area contributed by atoms with Crippen molar-refractivity contribution in [1.82, 2.24) is 0 Å². The van der Waals surface area contributed by atoms with E-state index in [0.29, 0.717) is 4.47 Å². The minimum Gasteiger partial charge on any atom is -0.481 e. The van der Waals surface area contributed by atoms with E-state index >= 15 is 0 Å². The van der Waals surface area contributed by atoms with Crippen molar-refractivity contribution < 1.29 is 19.1 Å². The van der Waals surface area contributed by atoms with Crippen molar-refractivity contribution in [1.29, 1.82) is 0 Å². The Morgan fingerprint density at radius 3 is 2.61 bits per heavy atom. The van der Waals surface area contributed by atoms with Gasteiger partial charge in [-0.25, -0.2) is 4.39 Å². The first-order chi connectivity index (χ1) is 8.22. The molecule has 1 aromatic rings. The van der Waals surface area contributed by atoms with Gasteiger partial charge < -0.3 is 10.4 Å². The number of hydrogen-bond acceptors (Lipinski definition) is 2. The molecule has 0 heterocycles. The molecule has 0 unspecified atom stereocenters. The lowest BCUT2D eigenvalue weighted by atomic mass is 9.88. The van der Waals surface area contributed by atoms with Gasteiger partial charge >= 0.3 is 5.97 Å². The van der Waals surface area contributed by atoms with E-state index in [0.717, 1.165) is 0 Å². The molecule has 0 saturated carbocycles. The molecule has 2 N–H and O–H groups in total. The van der Waals surface area contributed by atoms with Crippen molar-refractivity contribution in [2.24, 2.45) is 5.41 Å². The molecule has 0 aromatic heterocycles. The molecular formula is C12H13BrFNO3. The lowest BCUT2D eigenvalue weighted by Gasteiger charge is -2.21. The second-order valence-electron chi connectivity index (χ2n) is 4.53. The summed E-state index contributed by atoms with van der Waals surface area (Å²) < 4.78 is 14.0. The third kappa shape index (κ3) is 3.80. The molecule has 4 nitrogen and oxygen atoms in total. The molecule has 1 amide bonds. The third-order valence-corrected chi connectivity index (χ3v) is 2.88. The van der Waals surface area contributed by atoms with Gasteiger partial charge in [-0.1, -0.05) is 29.8 Å². The highest BCUT2D eigenvalue weighted by Gasteiger charge is 2.31. The number of amides is 1. The van der Waals surface area contributed by atoms with Crippen molar-refractivity contribution in [2.75, 3.05) is 5.32 Å². The van der Waals surface area contributed by atoms with E-state index in [4.69, 9.17) is 5.11 Å². The number of carbonyl (C=O) groups excluding carboxylic acids is 1. The van der Waals surface area contributed by atoms with Crippen molar-refractivity contribution in [2.45, 2.75) is 20.3 Å². The van der Waals surface area contributed by atoms with Crippen LogP contribution in [-0.4, -0.2) is 17.0 Å². The Morgan fingerprint density at radius 1 is 1.44 bits per heavy atom. The summed E-state index contributed by atoms with van der Waals surface area (Å²) in [5.41, 5.74) is -1.09. The number of anilines is 1. The summed E-state index contributed by atoms with van der Waals surface area (Å²) in [4.78, 5) is 22.5. The van der Waals surface area contributed by atoms with Crippen LogP contribution in [0.1, 0.15) is 20.3 Å². The molecule has 0 saturated heterocycles. The zero-order chi connectivity index (χ0) is 13.9. The van der Waals surface area contributed by atoms with Crippen molar-refractivity contribution >= 4 is 33.5 Å². The minimum absolute atomic E-state index is 0.0211. The maximum absolute atomic E-state index is 13.4. The van der Waals surface area contributed by atoms with Gasteiger partial charge in [0.2, 0.25) is 5.91 Å². The van der Waals surface area contributed by atoms with Gasteiger partial charge in [0.05, 0.1) is 17.5 Å². The highest BCUT2D eigenvalue weighted by Crippen LogP contribution is 2.25. The molecule has 6 heteroatoms. The molecule has 98 valence electrons. The summed E-state index contributed by atoms with van der Waals surface area (Å²) in [7, 11) is 0. The Hall–Kier alpha value is -1.43. The van der Waals surface area contributed by atoms with E-state index in [1.807, 2.05) is 0 Å². The topological polar surface area (TPSA) is 66.4 Å². The molecule has 0 aliphatic carbocycles. The van der Waals surface area contributed by atoms with Crippen molar-refractivity contribution in [3.8, 4) is 0 Å². The maximum Gasteiger partial charge on any atom is 0.304 e. The number of carbonyl (C=O) groups is 2. The van der Waals surface area contributed by atoms with E-state index in [1.165, 1.54) is 32.0 Å². The van der Waals surface area contributed by atoms with Gasteiger partial charge in [0.25, 0.3) is 0 Å². The lowest BCUT2D eigenvalue weighted by molar-refractivity contribution is -0.142. The predicted octanol–water partition coefficient (Wildman–Crippen LogP) is 3.03. The fourth-order valence-corrected chi connectivity index (χ4v) is 1.70. The fraction of sp³-hybridized carbons (Fsp3) is 0.333. The van der Waals surface area contributed by atoms with Gasteiger partial charge in [0, 0.05) is 4.47 Å². The summed E-state index contributed by atoms with van der Waals surface area (Å²) in [6, 6.07) is 4.14. The normalized spacial score (nSPS) is 11.1. The fourth-order valence-electron chi connectivity index (χ4n) is 1.34. The number of rotatable bonds is 4. The average Bonchev–Trinajstić information content (AvgIpc) is 2.21. The van der Waals surface area contributed by atoms with E-state index in [9.17, 15) is 14.0 Å². The summed E-state index contributed by atoms with van der Waals surface area (Å²) in [5, 5.41) is 11.1. The summed E-state index contributed by atoms with van der Waals surface area (Å²) in [6.45, 7) is 2.98. The molecule has 0 fully saturated rings. The summed E-state index contributed by atoms with van der Waals surface area (Å²) in [5.74, 6) is -2.19. The third-order valence-electron chi connectivity index (χ3n) is 2.38. The zero-order valence-corrected chi connectivity index (χ0v) is 11.5. The van der Waals surface area contributed by atoms with Crippen LogP contribution in [0.3, 0.4) is 0 Å². The number of benzene rings is 1. The van der Waals surface area contributed by atoms with Gasteiger partial charge in [0.1, 0.15) is 5.82 Å². The summed E-state index contributed by atoms with van der Waals surface area (Å²) >= 11 is 3.16.